The molecule has 1 aliphatic rings. The zero-order valence-corrected chi connectivity index (χ0v) is 19.3. The third kappa shape index (κ3) is 5.11. The van der Waals surface area contributed by atoms with Crippen molar-refractivity contribution in [1.82, 2.24) is 14.5 Å². The number of imidazole rings is 1. The van der Waals surface area contributed by atoms with Crippen LogP contribution in [-0.4, -0.2) is 33.4 Å². The van der Waals surface area contributed by atoms with Crippen LogP contribution in [0.4, 0.5) is 23.2 Å². The second-order valence-electron chi connectivity index (χ2n) is 8.95. The van der Waals surface area contributed by atoms with E-state index in [1.165, 1.54) is 24.3 Å². The van der Waals surface area contributed by atoms with Crippen molar-refractivity contribution in [3.8, 4) is 5.69 Å². The van der Waals surface area contributed by atoms with E-state index in [0.717, 1.165) is 34.7 Å². The largest absolute Gasteiger partial charge is 0.416 e. The van der Waals surface area contributed by atoms with Crippen LogP contribution in [0.25, 0.3) is 16.7 Å². The molecular weight excluding hydrogens is 472 g/mol. The zero-order valence-electron chi connectivity index (χ0n) is 19.3. The number of hydrogen-bond acceptors (Lipinski definition) is 3. The van der Waals surface area contributed by atoms with Gasteiger partial charge in [-0.2, -0.15) is 13.2 Å². The summed E-state index contributed by atoms with van der Waals surface area (Å²) in [4.78, 5) is 19.7. The summed E-state index contributed by atoms with van der Waals surface area (Å²) >= 11 is 0. The molecule has 0 radical (unpaired) electrons. The Kier molecular flexibility index (Phi) is 6.49. The number of amides is 1. The Balaban J connectivity index is 1.26. The first-order chi connectivity index (χ1) is 17.3. The molecule has 0 spiro atoms. The third-order valence-corrected chi connectivity index (χ3v) is 6.50. The van der Waals surface area contributed by atoms with Gasteiger partial charge in [-0.15, -0.1) is 0 Å². The van der Waals surface area contributed by atoms with Crippen LogP contribution in [0.1, 0.15) is 24.2 Å². The van der Waals surface area contributed by atoms with E-state index >= 15 is 0 Å². The predicted octanol–water partition coefficient (Wildman–Crippen LogP) is 6.03. The maximum absolute atomic E-state index is 13.5. The van der Waals surface area contributed by atoms with E-state index < -0.39 is 11.7 Å². The summed E-state index contributed by atoms with van der Waals surface area (Å²) in [5.41, 5.74) is 1.93. The number of carbonyl (C=O) groups excluding carboxylic acids is 1. The minimum Gasteiger partial charge on any atom is -0.326 e. The molecule has 0 saturated carbocycles. The summed E-state index contributed by atoms with van der Waals surface area (Å²) < 4.78 is 54.4. The van der Waals surface area contributed by atoms with Gasteiger partial charge in [-0.05, 0) is 80.5 Å². The summed E-state index contributed by atoms with van der Waals surface area (Å²) in [6.45, 7) is 1.84. The molecule has 1 fully saturated rings. The number of rotatable bonds is 5. The number of anilines is 1. The lowest BCUT2D eigenvalue weighted by molar-refractivity contribution is -0.137. The lowest BCUT2D eigenvalue weighted by atomic mass is 9.95. The lowest BCUT2D eigenvalue weighted by Crippen LogP contribution is -2.38. The molecular formula is C27H24F4N4O. The van der Waals surface area contributed by atoms with E-state index in [-0.39, 0.29) is 23.3 Å². The van der Waals surface area contributed by atoms with Gasteiger partial charge in [0.15, 0.2) is 0 Å². The molecule has 186 valence electrons. The van der Waals surface area contributed by atoms with Crippen molar-refractivity contribution in [2.24, 2.45) is 5.92 Å². The topological polar surface area (TPSA) is 50.2 Å². The average Bonchev–Trinajstić information content (AvgIpc) is 3.22. The molecule has 0 atom stereocenters. The molecule has 1 amide bonds. The van der Waals surface area contributed by atoms with Crippen LogP contribution >= 0.6 is 0 Å². The van der Waals surface area contributed by atoms with Crippen molar-refractivity contribution in [2.75, 3.05) is 18.4 Å². The number of hydrogen-bond donors (Lipinski definition) is 1. The van der Waals surface area contributed by atoms with Crippen molar-refractivity contribution in [3.63, 3.8) is 0 Å². The van der Waals surface area contributed by atoms with Gasteiger partial charge in [0, 0.05) is 17.3 Å². The smallest absolute Gasteiger partial charge is 0.326 e. The number of para-hydroxylation sites is 2. The van der Waals surface area contributed by atoms with Crippen molar-refractivity contribution in [3.05, 3.63) is 90.0 Å². The number of piperidine rings is 1. The number of halogens is 4. The van der Waals surface area contributed by atoms with Gasteiger partial charge in [0.1, 0.15) is 11.6 Å². The molecule has 36 heavy (non-hydrogen) atoms. The molecule has 1 aliphatic heterocycles. The van der Waals surface area contributed by atoms with E-state index in [1.807, 2.05) is 28.8 Å². The number of fused-ring (bicyclic) bond motifs is 1. The molecule has 3 aromatic carbocycles. The minimum atomic E-state index is -4.46. The first-order valence-corrected chi connectivity index (χ1v) is 11.7. The summed E-state index contributed by atoms with van der Waals surface area (Å²) in [6.07, 6.45) is -3.29. The van der Waals surface area contributed by atoms with Gasteiger partial charge >= 0.3 is 6.18 Å². The Morgan fingerprint density at radius 3 is 2.42 bits per heavy atom. The summed E-state index contributed by atoms with van der Waals surface area (Å²) in [6, 6.07) is 18.7. The van der Waals surface area contributed by atoms with Crippen molar-refractivity contribution in [2.45, 2.75) is 25.6 Å². The number of nitrogens with zero attached hydrogens (tertiary/aromatic N) is 3. The fourth-order valence-corrected chi connectivity index (χ4v) is 4.63. The fraction of sp³-hybridized carbons (Fsp3) is 0.259. The quantitative estimate of drug-likeness (QED) is 0.343. The molecule has 4 aromatic rings. The SMILES string of the molecule is O=C(Nc1cccc(C(F)(F)F)c1)C1CCN(Cc2nc3ccccc3n2-c2ccc(F)cc2)CC1. The average molecular weight is 497 g/mol. The maximum atomic E-state index is 13.5. The number of benzene rings is 3. The maximum Gasteiger partial charge on any atom is 0.416 e. The summed E-state index contributed by atoms with van der Waals surface area (Å²) in [5, 5.41) is 2.64. The van der Waals surface area contributed by atoms with Crippen molar-refractivity contribution < 1.29 is 22.4 Å². The van der Waals surface area contributed by atoms with E-state index in [0.29, 0.717) is 32.5 Å². The van der Waals surface area contributed by atoms with Crippen LogP contribution in [0, 0.1) is 11.7 Å². The first-order valence-electron chi connectivity index (χ1n) is 11.7. The van der Waals surface area contributed by atoms with Crippen LogP contribution in [0.5, 0.6) is 0 Å². The molecule has 0 aliphatic carbocycles. The number of alkyl halides is 3. The molecule has 1 aromatic heterocycles. The normalized spacial score (nSPS) is 15.3. The standard InChI is InChI=1S/C27H24F4N4O/c28-20-8-10-22(11-9-20)35-24-7-2-1-6-23(24)33-25(35)17-34-14-12-18(13-15-34)26(36)32-21-5-3-4-19(16-21)27(29,30)31/h1-11,16,18H,12-15,17H2,(H,32,36). The van der Waals surface area contributed by atoms with E-state index in [4.69, 9.17) is 4.98 Å². The fourth-order valence-electron chi connectivity index (χ4n) is 4.63. The third-order valence-electron chi connectivity index (χ3n) is 6.50. The highest BCUT2D eigenvalue weighted by molar-refractivity contribution is 5.92. The van der Waals surface area contributed by atoms with Crippen LogP contribution in [0.3, 0.4) is 0 Å². The number of carbonyl (C=O) groups is 1. The number of nitrogens with one attached hydrogen (secondary N) is 1. The van der Waals surface area contributed by atoms with Crippen LogP contribution in [0.15, 0.2) is 72.8 Å². The first kappa shape index (κ1) is 24.0. The molecule has 0 bridgehead atoms. The van der Waals surface area contributed by atoms with E-state index in [2.05, 4.69) is 10.2 Å². The van der Waals surface area contributed by atoms with Crippen molar-refractivity contribution >= 4 is 22.6 Å². The number of likely N-dealkylation sites (tertiary alicyclic amines) is 1. The molecule has 0 unspecified atom stereocenters. The minimum absolute atomic E-state index is 0.144. The molecule has 1 N–H and O–H groups in total. The van der Waals surface area contributed by atoms with E-state index in [9.17, 15) is 22.4 Å². The second-order valence-corrected chi connectivity index (χ2v) is 8.95. The molecule has 2 heterocycles. The van der Waals surface area contributed by atoms with Gasteiger partial charge < -0.3 is 5.32 Å². The predicted molar refractivity (Wildman–Crippen MR) is 129 cm³/mol. The van der Waals surface area contributed by atoms with Crippen LogP contribution < -0.4 is 5.32 Å². The molecule has 5 rings (SSSR count). The Morgan fingerprint density at radius 2 is 1.69 bits per heavy atom. The zero-order chi connectivity index (χ0) is 25.3. The van der Waals surface area contributed by atoms with Crippen LogP contribution in [0.2, 0.25) is 0 Å². The highest BCUT2D eigenvalue weighted by Gasteiger charge is 2.31. The Morgan fingerprint density at radius 1 is 0.972 bits per heavy atom. The molecule has 9 heteroatoms. The van der Waals surface area contributed by atoms with Gasteiger partial charge in [0.05, 0.1) is 23.1 Å². The monoisotopic (exact) mass is 496 g/mol. The molecule has 1 saturated heterocycles. The second kappa shape index (κ2) is 9.73. The molecule has 5 nitrogen and oxygen atoms in total. The van der Waals surface area contributed by atoms with Gasteiger partial charge in [-0.25, -0.2) is 9.37 Å². The Hall–Kier alpha value is -3.72. The highest BCUT2D eigenvalue weighted by Crippen LogP contribution is 2.31. The summed E-state index contributed by atoms with van der Waals surface area (Å²) in [7, 11) is 0. The van der Waals surface area contributed by atoms with Gasteiger partial charge in [-0.3, -0.25) is 14.3 Å². The Bertz CT molecular complexity index is 1370. The van der Waals surface area contributed by atoms with E-state index in [1.54, 1.807) is 12.1 Å². The van der Waals surface area contributed by atoms with Crippen molar-refractivity contribution in [1.29, 1.82) is 0 Å². The number of aromatic nitrogens is 2. The summed E-state index contributed by atoms with van der Waals surface area (Å²) in [5.74, 6) is -0.0517. The highest BCUT2D eigenvalue weighted by atomic mass is 19.4. The lowest BCUT2D eigenvalue weighted by Gasteiger charge is -2.31. The van der Waals surface area contributed by atoms with Gasteiger partial charge in [0.2, 0.25) is 5.91 Å². The van der Waals surface area contributed by atoms with Crippen LogP contribution in [-0.2, 0) is 17.5 Å². The van der Waals surface area contributed by atoms with Gasteiger partial charge in [-0.1, -0.05) is 18.2 Å². The van der Waals surface area contributed by atoms with Gasteiger partial charge in [0.25, 0.3) is 0 Å². The Labute approximate surface area is 205 Å².